The molecule has 4 N–H and O–H groups in total. The number of nitrogens with two attached hydrogens (primary N) is 1. The van der Waals surface area contributed by atoms with Gasteiger partial charge in [-0.15, -0.1) is 0 Å². The van der Waals surface area contributed by atoms with Gasteiger partial charge >= 0.3 is 10.3 Å². The fourth-order valence-electron chi connectivity index (χ4n) is 4.97. The highest BCUT2D eigenvalue weighted by atomic mass is 79.9. The van der Waals surface area contributed by atoms with Crippen LogP contribution in [-0.2, 0) is 20.9 Å². The van der Waals surface area contributed by atoms with Gasteiger partial charge in [-0.3, -0.25) is 4.18 Å². The number of aromatic nitrogens is 3. The first-order chi connectivity index (χ1) is 15.3. The van der Waals surface area contributed by atoms with E-state index in [2.05, 4.69) is 49.4 Å². The summed E-state index contributed by atoms with van der Waals surface area (Å²) in [5.41, 5.74) is 3.39. The number of hydrogen-bond donors (Lipinski definition) is 3. The van der Waals surface area contributed by atoms with E-state index < -0.39 is 16.4 Å². The minimum atomic E-state index is -4.03. The maximum Gasteiger partial charge on any atom is 0.333 e. The highest BCUT2D eigenvalue weighted by Crippen LogP contribution is 2.40. The lowest BCUT2D eigenvalue weighted by Gasteiger charge is -2.17. The monoisotopic (exact) mass is 521 g/mol. The van der Waals surface area contributed by atoms with E-state index in [0.717, 1.165) is 34.2 Å². The first kappa shape index (κ1) is 21.8. The molecular weight excluding hydrogens is 498 g/mol. The smallest absolute Gasteiger partial charge is 0.333 e. The van der Waals surface area contributed by atoms with Gasteiger partial charge in [-0.25, -0.2) is 15.1 Å². The van der Waals surface area contributed by atoms with Crippen LogP contribution in [0.2, 0.25) is 0 Å². The minimum Gasteiger partial charge on any atom is -0.393 e. The summed E-state index contributed by atoms with van der Waals surface area (Å²) in [6.45, 7) is -0.131. The molecule has 0 aliphatic heterocycles. The molecule has 0 bridgehead atoms. The molecule has 1 aromatic carbocycles. The summed E-state index contributed by atoms with van der Waals surface area (Å²) in [4.78, 5) is 8.99. The van der Waals surface area contributed by atoms with Crippen molar-refractivity contribution >= 4 is 43.1 Å². The predicted octanol–water partition coefficient (Wildman–Crippen LogP) is 2.83. The molecule has 0 saturated heterocycles. The molecule has 5 rings (SSSR count). The molecular formula is C21H24BrN5O4S. The third-order valence-corrected chi connectivity index (χ3v) is 7.71. The van der Waals surface area contributed by atoms with E-state index in [9.17, 15) is 13.5 Å². The van der Waals surface area contributed by atoms with Crippen molar-refractivity contribution in [1.29, 1.82) is 0 Å². The number of rotatable bonds is 6. The number of halogens is 1. The summed E-state index contributed by atoms with van der Waals surface area (Å²) in [5, 5.41) is 19.8. The van der Waals surface area contributed by atoms with E-state index in [1.54, 1.807) is 6.33 Å². The van der Waals surface area contributed by atoms with Crippen molar-refractivity contribution in [3.63, 3.8) is 0 Å². The Balaban J connectivity index is 1.37. The fourth-order valence-corrected chi connectivity index (χ4v) is 5.91. The molecule has 2 heterocycles. The summed E-state index contributed by atoms with van der Waals surface area (Å²) in [7, 11) is -4.03. The van der Waals surface area contributed by atoms with Crippen LogP contribution in [0.1, 0.15) is 42.5 Å². The van der Waals surface area contributed by atoms with Gasteiger partial charge in [0.25, 0.3) is 0 Å². The van der Waals surface area contributed by atoms with Crippen molar-refractivity contribution < 1.29 is 17.7 Å². The number of anilines is 1. The van der Waals surface area contributed by atoms with Crippen molar-refractivity contribution in [2.45, 2.75) is 43.9 Å². The molecule has 9 nitrogen and oxygen atoms in total. The second-order valence-corrected chi connectivity index (χ2v) is 10.5. The summed E-state index contributed by atoms with van der Waals surface area (Å²) < 4.78 is 30.1. The highest BCUT2D eigenvalue weighted by Gasteiger charge is 2.35. The lowest BCUT2D eigenvalue weighted by Crippen LogP contribution is -2.24. The Hall–Kier alpha value is -2.05. The zero-order chi connectivity index (χ0) is 22.5. The minimum absolute atomic E-state index is 0.0255. The van der Waals surface area contributed by atoms with Gasteiger partial charge in [0.15, 0.2) is 0 Å². The lowest BCUT2D eigenvalue weighted by molar-refractivity contribution is 0.100. The molecule has 4 atom stereocenters. The summed E-state index contributed by atoms with van der Waals surface area (Å²) >= 11 is 3.65. The van der Waals surface area contributed by atoms with Crippen LogP contribution in [0, 0.1) is 5.92 Å². The van der Waals surface area contributed by atoms with Crippen LogP contribution in [0.5, 0.6) is 0 Å². The van der Waals surface area contributed by atoms with E-state index >= 15 is 0 Å². The van der Waals surface area contributed by atoms with Crippen LogP contribution in [0.25, 0.3) is 11.0 Å². The standard InChI is InChI=1S/C21H24BrN5O4S/c22-17-3-1-2-15-14(17)4-5-18(15)26-20-16-6-7-27(21(16)25-11-24-20)13-8-12(19(28)9-13)10-31-32(23,29)30/h1-3,6-7,11-13,18-19,28H,4-5,8-10H2,(H2,23,29,30)(H,24,25,26)/t12-,13+,18?,19-/m0/s1. The molecule has 3 aromatic rings. The second-order valence-electron chi connectivity index (χ2n) is 8.46. The van der Waals surface area contributed by atoms with Crippen LogP contribution in [0.15, 0.2) is 41.3 Å². The highest BCUT2D eigenvalue weighted by molar-refractivity contribution is 9.10. The zero-order valence-electron chi connectivity index (χ0n) is 17.2. The third kappa shape index (κ3) is 4.15. The number of fused-ring (bicyclic) bond motifs is 2. The Bertz CT molecular complexity index is 1260. The average Bonchev–Trinajstić information content (AvgIpc) is 3.44. The first-order valence-corrected chi connectivity index (χ1v) is 12.8. The largest absolute Gasteiger partial charge is 0.393 e. The van der Waals surface area contributed by atoms with Crippen molar-refractivity contribution in [3.8, 4) is 0 Å². The Labute approximate surface area is 194 Å². The Morgan fingerprint density at radius 2 is 2.12 bits per heavy atom. The summed E-state index contributed by atoms with van der Waals surface area (Å²) in [6.07, 6.45) is 5.87. The lowest BCUT2D eigenvalue weighted by atomic mass is 10.1. The Kier molecular flexibility index (Phi) is 5.70. The topological polar surface area (TPSA) is 132 Å². The summed E-state index contributed by atoms with van der Waals surface area (Å²) in [5.74, 6) is 0.461. The molecule has 1 saturated carbocycles. The van der Waals surface area contributed by atoms with E-state index in [4.69, 9.17) is 9.32 Å². The normalized spacial score (nSPS) is 25.3. The molecule has 2 aliphatic carbocycles. The molecule has 170 valence electrons. The van der Waals surface area contributed by atoms with Gasteiger partial charge in [-0.1, -0.05) is 28.1 Å². The maximum atomic E-state index is 11.1. The molecule has 32 heavy (non-hydrogen) atoms. The molecule has 2 aromatic heterocycles. The Morgan fingerprint density at radius 1 is 1.28 bits per heavy atom. The number of aliphatic hydroxyl groups excluding tert-OH is 1. The molecule has 0 amide bonds. The van der Waals surface area contributed by atoms with E-state index in [-0.39, 0.29) is 24.6 Å². The van der Waals surface area contributed by atoms with Gasteiger partial charge in [-0.05, 0) is 48.9 Å². The van der Waals surface area contributed by atoms with Gasteiger partial charge in [0.1, 0.15) is 17.8 Å². The molecule has 0 spiro atoms. The van der Waals surface area contributed by atoms with Crippen molar-refractivity contribution in [1.82, 2.24) is 14.5 Å². The van der Waals surface area contributed by atoms with Crippen molar-refractivity contribution in [2.24, 2.45) is 11.1 Å². The number of hydrogen-bond acceptors (Lipinski definition) is 7. The fraction of sp³-hybridized carbons (Fsp3) is 0.429. The average molecular weight is 522 g/mol. The number of benzene rings is 1. The Morgan fingerprint density at radius 3 is 2.94 bits per heavy atom. The van der Waals surface area contributed by atoms with Crippen molar-refractivity contribution in [2.75, 3.05) is 11.9 Å². The second kappa shape index (κ2) is 8.38. The van der Waals surface area contributed by atoms with E-state index in [0.29, 0.717) is 12.8 Å². The van der Waals surface area contributed by atoms with Crippen LogP contribution >= 0.6 is 15.9 Å². The van der Waals surface area contributed by atoms with Gasteiger partial charge in [0.05, 0.1) is 24.1 Å². The van der Waals surface area contributed by atoms with Gasteiger partial charge in [-0.2, -0.15) is 8.42 Å². The van der Waals surface area contributed by atoms with Crippen LogP contribution < -0.4 is 10.5 Å². The van der Waals surface area contributed by atoms with Gasteiger partial charge in [0, 0.05) is 22.6 Å². The van der Waals surface area contributed by atoms with Gasteiger partial charge in [0.2, 0.25) is 0 Å². The summed E-state index contributed by atoms with van der Waals surface area (Å²) in [6, 6.07) is 8.41. The first-order valence-electron chi connectivity index (χ1n) is 10.5. The third-order valence-electron chi connectivity index (χ3n) is 6.51. The van der Waals surface area contributed by atoms with E-state index in [1.165, 1.54) is 11.1 Å². The van der Waals surface area contributed by atoms with E-state index in [1.807, 2.05) is 16.8 Å². The zero-order valence-corrected chi connectivity index (χ0v) is 19.6. The quantitative estimate of drug-likeness (QED) is 0.454. The van der Waals surface area contributed by atoms with Gasteiger partial charge < -0.3 is 15.0 Å². The van der Waals surface area contributed by atoms with Crippen LogP contribution in [-0.4, -0.2) is 40.8 Å². The predicted molar refractivity (Wildman–Crippen MR) is 123 cm³/mol. The number of nitrogens with zero attached hydrogens (tertiary/aromatic N) is 3. The number of nitrogens with one attached hydrogen (secondary N) is 1. The maximum absolute atomic E-state index is 11.1. The molecule has 11 heteroatoms. The number of aliphatic hydroxyl groups is 1. The molecule has 1 unspecified atom stereocenters. The molecule has 1 fully saturated rings. The van der Waals surface area contributed by atoms with Crippen molar-refractivity contribution in [3.05, 3.63) is 52.4 Å². The molecule has 0 radical (unpaired) electrons. The molecule has 2 aliphatic rings. The van der Waals surface area contributed by atoms with Crippen LogP contribution in [0.3, 0.4) is 0 Å². The van der Waals surface area contributed by atoms with Crippen LogP contribution in [0.4, 0.5) is 5.82 Å². The SMILES string of the molecule is NS(=O)(=O)OC[C@@H]1C[C@@H](n2ccc3c(NC4CCc5c(Br)cccc54)ncnc32)C[C@@H]1O.